The zero-order valence-electron chi connectivity index (χ0n) is 21.6. The Hall–Kier alpha value is -3.58. The Morgan fingerprint density at radius 2 is 2.03 bits per heavy atom. The van der Waals surface area contributed by atoms with Crippen molar-refractivity contribution in [3.8, 4) is 11.5 Å². The lowest BCUT2D eigenvalue weighted by Crippen LogP contribution is -2.68. The van der Waals surface area contributed by atoms with Gasteiger partial charge < -0.3 is 19.9 Å². The number of nitrogens with one attached hydrogen (secondary N) is 1. The quantitative estimate of drug-likeness (QED) is 0.318. The topological polar surface area (TPSA) is 88.1 Å². The number of ether oxygens (including phenoxy) is 2. The van der Waals surface area contributed by atoms with E-state index in [1.54, 1.807) is 25.3 Å². The Morgan fingerprint density at radius 3 is 2.76 bits per heavy atom. The average Bonchev–Trinajstić information content (AvgIpc) is 2.87. The third-order valence-electron chi connectivity index (χ3n) is 7.69. The summed E-state index contributed by atoms with van der Waals surface area (Å²) in [6, 6.07) is 14.6. The Labute approximate surface area is 218 Å². The minimum atomic E-state index is -0.772. The van der Waals surface area contributed by atoms with Gasteiger partial charge in [0.1, 0.15) is 17.1 Å². The smallest absolute Gasteiger partial charge is 0.303 e. The molecule has 1 saturated carbocycles. The number of likely N-dealkylation sites (tertiary alicyclic amines) is 1. The average molecular weight is 505 g/mol. The van der Waals surface area contributed by atoms with E-state index in [1.165, 1.54) is 13.0 Å². The molecule has 0 aromatic heterocycles. The fourth-order valence-corrected chi connectivity index (χ4v) is 6.12. The molecule has 196 valence electrons. The van der Waals surface area contributed by atoms with Crippen molar-refractivity contribution in [1.29, 1.82) is 0 Å². The predicted octanol–water partition coefficient (Wildman–Crippen LogP) is 4.21. The lowest BCUT2D eigenvalue weighted by molar-refractivity contribution is -0.186. The first-order valence-electron chi connectivity index (χ1n) is 12.7. The van der Waals surface area contributed by atoms with Crippen LogP contribution in [0.25, 0.3) is 6.08 Å². The molecule has 7 heteroatoms. The van der Waals surface area contributed by atoms with Gasteiger partial charge in [-0.2, -0.15) is 0 Å². The van der Waals surface area contributed by atoms with E-state index in [4.69, 9.17) is 9.47 Å². The number of phenolic OH excluding ortho intramolecular Hbond substituents is 1. The van der Waals surface area contributed by atoms with Gasteiger partial charge >= 0.3 is 5.97 Å². The summed E-state index contributed by atoms with van der Waals surface area (Å²) in [6.07, 6.45) is 7.77. The maximum absolute atomic E-state index is 12.9. The molecular formula is C30H36N2O5. The van der Waals surface area contributed by atoms with Crippen molar-refractivity contribution in [3.63, 3.8) is 0 Å². The van der Waals surface area contributed by atoms with Crippen molar-refractivity contribution >= 4 is 18.0 Å². The van der Waals surface area contributed by atoms with Crippen molar-refractivity contribution in [1.82, 2.24) is 10.2 Å². The first-order chi connectivity index (χ1) is 17.8. The molecule has 1 aliphatic carbocycles. The zero-order valence-corrected chi connectivity index (χ0v) is 21.6. The number of aromatic hydroxyl groups is 1. The van der Waals surface area contributed by atoms with E-state index < -0.39 is 11.0 Å². The molecule has 2 aromatic carbocycles. The molecule has 3 atom stereocenters. The largest absolute Gasteiger partial charge is 0.508 e. The molecule has 0 bridgehead atoms. The molecule has 0 radical (unpaired) electrons. The van der Waals surface area contributed by atoms with E-state index in [0.717, 1.165) is 29.8 Å². The number of fused-ring (bicyclic) bond motifs is 1. The van der Waals surface area contributed by atoms with Gasteiger partial charge in [-0.05, 0) is 73.7 Å². The molecule has 1 heterocycles. The van der Waals surface area contributed by atoms with Gasteiger partial charge in [-0.25, -0.2) is 0 Å². The van der Waals surface area contributed by atoms with Crippen LogP contribution < -0.4 is 10.1 Å². The van der Waals surface area contributed by atoms with Gasteiger partial charge in [0.05, 0.1) is 7.11 Å². The summed E-state index contributed by atoms with van der Waals surface area (Å²) in [5.74, 6) is 0.397. The lowest BCUT2D eigenvalue weighted by atomic mass is 9.55. The molecule has 2 N–H and O–H groups in total. The Kier molecular flexibility index (Phi) is 8.03. The van der Waals surface area contributed by atoms with E-state index in [9.17, 15) is 14.7 Å². The highest BCUT2D eigenvalue weighted by atomic mass is 16.6. The number of methoxy groups -OCH3 is 1. The minimum absolute atomic E-state index is 0.112. The number of hydrogen-bond acceptors (Lipinski definition) is 6. The summed E-state index contributed by atoms with van der Waals surface area (Å²) in [7, 11) is 1.61. The van der Waals surface area contributed by atoms with Crippen molar-refractivity contribution in [2.24, 2.45) is 0 Å². The fourth-order valence-electron chi connectivity index (χ4n) is 6.12. The Bertz CT molecular complexity index is 1180. The number of amides is 1. The number of carbonyl (C=O) groups excluding carboxylic acids is 2. The van der Waals surface area contributed by atoms with E-state index in [2.05, 4.69) is 16.8 Å². The maximum Gasteiger partial charge on any atom is 0.303 e. The third-order valence-corrected chi connectivity index (χ3v) is 7.69. The Balaban J connectivity index is 1.62. The van der Waals surface area contributed by atoms with Crippen molar-refractivity contribution in [2.45, 2.75) is 49.7 Å². The molecule has 7 nitrogen and oxygen atoms in total. The van der Waals surface area contributed by atoms with E-state index in [-0.39, 0.29) is 23.7 Å². The van der Waals surface area contributed by atoms with Gasteiger partial charge in [-0.3, -0.25) is 14.5 Å². The normalized spacial score (nSPS) is 25.7. The van der Waals surface area contributed by atoms with Gasteiger partial charge in [0.25, 0.3) is 0 Å². The van der Waals surface area contributed by atoms with Crippen molar-refractivity contribution < 1.29 is 24.2 Å². The molecule has 4 rings (SSSR count). The van der Waals surface area contributed by atoms with Crippen LogP contribution in [0.4, 0.5) is 0 Å². The first-order valence-corrected chi connectivity index (χ1v) is 12.7. The SMILES string of the molecule is C=CCN1CC[C@@]2(c3cccc(O)c3)C[C@H](NC(=O)C=Cc3cccc(OC)c3)CC[C@]2(OC(C)=O)C1. The minimum Gasteiger partial charge on any atom is -0.508 e. The summed E-state index contributed by atoms with van der Waals surface area (Å²) >= 11 is 0. The molecular weight excluding hydrogens is 468 g/mol. The van der Waals surface area contributed by atoms with Gasteiger partial charge in [0.2, 0.25) is 5.91 Å². The number of nitrogens with zero attached hydrogens (tertiary/aromatic N) is 1. The van der Waals surface area contributed by atoms with Gasteiger partial charge in [-0.1, -0.05) is 30.3 Å². The van der Waals surface area contributed by atoms with Crippen LogP contribution >= 0.6 is 0 Å². The highest BCUT2D eigenvalue weighted by Gasteiger charge is 2.60. The van der Waals surface area contributed by atoms with E-state index >= 15 is 0 Å². The van der Waals surface area contributed by atoms with Gasteiger partial charge in [0.15, 0.2) is 0 Å². The summed E-state index contributed by atoms with van der Waals surface area (Å²) in [4.78, 5) is 27.6. The molecule has 1 aliphatic heterocycles. The van der Waals surface area contributed by atoms with Gasteiger partial charge in [-0.15, -0.1) is 6.58 Å². The summed E-state index contributed by atoms with van der Waals surface area (Å²) < 4.78 is 11.5. The standard InChI is InChI=1S/C30H36N2O5/c1-4-16-32-17-15-29(24-8-6-9-26(34)19-24)20-25(13-14-30(29,21-32)37-22(2)33)31-28(35)12-11-23-7-5-10-27(18-23)36-3/h4-12,18-19,25,34H,1,13-17,20-21H2,2-3H3,(H,31,35)/t25-,29+,30+/m1/s1. The number of hydrogen-bond donors (Lipinski definition) is 2. The van der Waals surface area contributed by atoms with E-state index in [0.29, 0.717) is 32.4 Å². The third kappa shape index (κ3) is 5.72. The molecule has 1 saturated heterocycles. The highest BCUT2D eigenvalue weighted by Crippen LogP contribution is 2.54. The van der Waals surface area contributed by atoms with Crippen LogP contribution in [0, 0.1) is 0 Å². The predicted molar refractivity (Wildman–Crippen MR) is 143 cm³/mol. The number of benzene rings is 2. The number of esters is 1. The van der Waals surface area contributed by atoms with Crippen LogP contribution in [-0.2, 0) is 19.7 Å². The van der Waals surface area contributed by atoms with Crippen LogP contribution in [0.2, 0.25) is 0 Å². The molecule has 2 aromatic rings. The van der Waals surface area contributed by atoms with Crippen LogP contribution in [0.5, 0.6) is 11.5 Å². The second-order valence-electron chi connectivity index (χ2n) is 10.1. The number of phenols is 1. The van der Waals surface area contributed by atoms with Crippen LogP contribution in [0.15, 0.2) is 67.3 Å². The number of rotatable bonds is 8. The highest BCUT2D eigenvalue weighted by molar-refractivity contribution is 5.92. The van der Waals surface area contributed by atoms with Crippen LogP contribution in [-0.4, -0.2) is 60.3 Å². The van der Waals surface area contributed by atoms with E-state index in [1.807, 2.05) is 42.5 Å². The summed E-state index contributed by atoms with van der Waals surface area (Å²) in [5, 5.41) is 13.5. The summed E-state index contributed by atoms with van der Waals surface area (Å²) in [5.41, 5.74) is 0.476. The Morgan fingerprint density at radius 1 is 1.22 bits per heavy atom. The first kappa shape index (κ1) is 26.5. The number of piperidine rings is 1. The molecule has 37 heavy (non-hydrogen) atoms. The zero-order chi connectivity index (χ0) is 26.5. The molecule has 0 unspecified atom stereocenters. The number of carbonyl (C=O) groups is 2. The molecule has 2 fully saturated rings. The monoisotopic (exact) mass is 504 g/mol. The molecule has 2 aliphatic rings. The van der Waals surface area contributed by atoms with Crippen molar-refractivity contribution in [3.05, 3.63) is 78.4 Å². The van der Waals surface area contributed by atoms with Crippen LogP contribution in [0.3, 0.4) is 0 Å². The van der Waals surface area contributed by atoms with Crippen LogP contribution in [0.1, 0.15) is 43.7 Å². The fraction of sp³-hybridized carbons (Fsp3) is 0.400. The molecule has 1 amide bonds. The maximum atomic E-state index is 12.9. The summed E-state index contributed by atoms with van der Waals surface area (Å²) in [6.45, 7) is 7.40. The second-order valence-corrected chi connectivity index (χ2v) is 10.1. The van der Waals surface area contributed by atoms with Crippen molar-refractivity contribution in [2.75, 3.05) is 26.7 Å². The van der Waals surface area contributed by atoms with Gasteiger partial charge in [0, 0.05) is 37.5 Å². The lowest BCUT2D eigenvalue weighted by Gasteiger charge is -2.59. The second kappa shape index (κ2) is 11.2. The molecule has 0 spiro atoms.